The smallest absolute Gasteiger partial charge is 0.257 e. The highest BCUT2D eigenvalue weighted by molar-refractivity contribution is 7.90. The van der Waals surface area contributed by atoms with Gasteiger partial charge in [-0.05, 0) is 19.1 Å². The van der Waals surface area contributed by atoms with Crippen LogP contribution in [0.25, 0.3) is 0 Å². The number of ether oxygens (including phenoxy) is 1. The topological polar surface area (TPSA) is 84.5 Å². The van der Waals surface area contributed by atoms with E-state index >= 15 is 0 Å². The number of hydrogen-bond donors (Lipinski definition) is 2. The van der Waals surface area contributed by atoms with Crippen LogP contribution in [0.3, 0.4) is 0 Å². The molecule has 112 valence electrons. The van der Waals surface area contributed by atoms with E-state index in [1.165, 1.54) is 13.3 Å². The lowest BCUT2D eigenvalue weighted by atomic mass is 10.2. The van der Waals surface area contributed by atoms with Crippen molar-refractivity contribution < 1.29 is 17.9 Å². The molecule has 1 unspecified atom stereocenters. The molecule has 0 radical (unpaired) electrons. The Labute approximate surface area is 119 Å². The minimum absolute atomic E-state index is 0.0519. The van der Waals surface area contributed by atoms with E-state index in [0.29, 0.717) is 5.75 Å². The molecular formula is C13H20N2O4S. The molecule has 20 heavy (non-hydrogen) atoms. The third kappa shape index (κ3) is 6.42. The third-order valence-corrected chi connectivity index (χ3v) is 3.55. The van der Waals surface area contributed by atoms with Crippen LogP contribution in [0.2, 0.25) is 0 Å². The summed E-state index contributed by atoms with van der Waals surface area (Å²) >= 11 is 0. The molecule has 1 aromatic rings. The number of amides is 1. The van der Waals surface area contributed by atoms with Crippen molar-refractivity contribution in [1.29, 1.82) is 0 Å². The van der Waals surface area contributed by atoms with E-state index in [2.05, 4.69) is 10.6 Å². The van der Waals surface area contributed by atoms with Crippen molar-refractivity contribution in [1.82, 2.24) is 5.32 Å². The van der Waals surface area contributed by atoms with Crippen LogP contribution in [0.1, 0.15) is 6.92 Å². The van der Waals surface area contributed by atoms with Crippen LogP contribution < -0.4 is 15.4 Å². The number of anilines is 1. The average Bonchev–Trinajstić information content (AvgIpc) is 2.34. The predicted octanol–water partition coefficient (Wildman–Crippen LogP) is 0.656. The van der Waals surface area contributed by atoms with Crippen LogP contribution in [-0.2, 0) is 14.6 Å². The van der Waals surface area contributed by atoms with Crippen LogP contribution >= 0.6 is 0 Å². The molecule has 0 saturated carbocycles. The molecule has 0 fully saturated rings. The van der Waals surface area contributed by atoms with Crippen molar-refractivity contribution in [3.63, 3.8) is 0 Å². The summed E-state index contributed by atoms with van der Waals surface area (Å²) < 4.78 is 27.7. The van der Waals surface area contributed by atoms with Gasteiger partial charge in [0.15, 0.2) is 6.61 Å². The fourth-order valence-electron chi connectivity index (χ4n) is 1.68. The number of sulfone groups is 1. The van der Waals surface area contributed by atoms with Crippen LogP contribution in [0.5, 0.6) is 5.75 Å². The molecule has 0 saturated heterocycles. The first-order chi connectivity index (χ1) is 9.30. The number of carbonyl (C=O) groups excluding carboxylic acids is 1. The first-order valence-electron chi connectivity index (χ1n) is 6.18. The lowest BCUT2D eigenvalue weighted by Crippen LogP contribution is -2.25. The van der Waals surface area contributed by atoms with E-state index in [9.17, 15) is 13.2 Å². The number of hydrogen-bond acceptors (Lipinski definition) is 5. The molecule has 0 spiro atoms. The van der Waals surface area contributed by atoms with Crippen LogP contribution in [0.4, 0.5) is 5.69 Å². The molecule has 0 bridgehead atoms. The number of nitrogens with one attached hydrogen (secondary N) is 2. The predicted molar refractivity (Wildman–Crippen MR) is 78.8 cm³/mol. The Kier molecular flexibility index (Phi) is 5.82. The Bertz CT molecular complexity index is 557. The Hall–Kier alpha value is -1.76. The van der Waals surface area contributed by atoms with Crippen molar-refractivity contribution in [3.8, 4) is 5.75 Å². The standard InChI is InChI=1S/C13H20N2O4S/c1-10(9-20(3,17)18)15-11-5-4-6-12(7-11)19-8-13(16)14-2/h4-7,10,15H,8-9H2,1-3H3,(H,14,16). The molecule has 1 atom stereocenters. The van der Waals surface area contributed by atoms with Gasteiger partial charge >= 0.3 is 0 Å². The summed E-state index contributed by atoms with van der Waals surface area (Å²) in [6.07, 6.45) is 1.20. The molecule has 0 aliphatic rings. The largest absolute Gasteiger partial charge is 0.484 e. The van der Waals surface area contributed by atoms with Gasteiger partial charge in [0.25, 0.3) is 5.91 Å². The Morgan fingerprint density at radius 1 is 1.40 bits per heavy atom. The van der Waals surface area contributed by atoms with Gasteiger partial charge in [-0.1, -0.05) is 6.07 Å². The van der Waals surface area contributed by atoms with Gasteiger partial charge in [-0.25, -0.2) is 8.42 Å². The molecular weight excluding hydrogens is 280 g/mol. The maximum atomic E-state index is 11.2. The number of rotatable bonds is 7. The molecule has 2 N–H and O–H groups in total. The van der Waals surface area contributed by atoms with E-state index in [1.54, 1.807) is 25.1 Å². The molecule has 6 nitrogen and oxygen atoms in total. The maximum Gasteiger partial charge on any atom is 0.257 e. The van der Waals surface area contributed by atoms with Crippen LogP contribution in [0, 0.1) is 0 Å². The van der Waals surface area contributed by atoms with Crippen molar-refractivity contribution in [2.45, 2.75) is 13.0 Å². The van der Waals surface area contributed by atoms with Crippen LogP contribution in [-0.4, -0.2) is 46.0 Å². The lowest BCUT2D eigenvalue weighted by Gasteiger charge is -2.15. The van der Waals surface area contributed by atoms with E-state index in [0.717, 1.165) is 5.69 Å². The highest BCUT2D eigenvalue weighted by Gasteiger charge is 2.10. The van der Waals surface area contributed by atoms with Crippen LogP contribution in [0.15, 0.2) is 24.3 Å². The monoisotopic (exact) mass is 300 g/mol. The van der Waals surface area contributed by atoms with Gasteiger partial charge in [0.05, 0.1) is 5.75 Å². The fourth-order valence-corrected chi connectivity index (χ4v) is 2.67. The maximum absolute atomic E-state index is 11.2. The highest BCUT2D eigenvalue weighted by atomic mass is 32.2. The summed E-state index contributed by atoms with van der Waals surface area (Å²) in [6, 6.07) is 6.83. The van der Waals surface area contributed by atoms with Crippen molar-refractivity contribution >= 4 is 21.4 Å². The SMILES string of the molecule is CNC(=O)COc1cccc(NC(C)CS(C)(=O)=O)c1. The Morgan fingerprint density at radius 3 is 2.70 bits per heavy atom. The van der Waals surface area contributed by atoms with E-state index in [1.807, 2.05) is 6.07 Å². The van der Waals surface area contributed by atoms with Crippen molar-refractivity contribution in [3.05, 3.63) is 24.3 Å². The molecule has 0 aliphatic heterocycles. The van der Waals surface area contributed by atoms with Gasteiger partial charge < -0.3 is 15.4 Å². The lowest BCUT2D eigenvalue weighted by molar-refractivity contribution is -0.122. The molecule has 1 aromatic carbocycles. The van der Waals surface area contributed by atoms with E-state index in [4.69, 9.17) is 4.74 Å². The van der Waals surface area contributed by atoms with E-state index in [-0.39, 0.29) is 24.3 Å². The van der Waals surface area contributed by atoms with Gasteiger partial charge in [-0.2, -0.15) is 0 Å². The first kappa shape index (κ1) is 16.3. The normalized spacial score (nSPS) is 12.6. The third-order valence-electron chi connectivity index (χ3n) is 2.45. The number of carbonyl (C=O) groups is 1. The highest BCUT2D eigenvalue weighted by Crippen LogP contribution is 2.18. The van der Waals surface area contributed by atoms with Crippen molar-refractivity contribution in [2.24, 2.45) is 0 Å². The quantitative estimate of drug-likeness (QED) is 0.772. The number of benzene rings is 1. The molecule has 1 rings (SSSR count). The molecule has 0 aliphatic carbocycles. The summed E-state index contributed by atoms with van der Waals surface area (Å²) in [5.74, 6) is 0.384. The summed E-state index contributed by atoms with van der Waals surface area (Å²) in [5, 5.41) is 5.54. The summed E-state index contributed by atoms with van der Waals surface area (Å²) in [6.45, 7) is 1.73. The second-order valence-electron chi connectivity index (χ2n) is 4.63. The zero-order chi connectivity index (χ0) is 15.2. The molecule has 7 heteroatoms. The second kappa shape index (κ2) is 7.14. The van der Waals surface area contributed by atoms with Gasteiger partial charge in [0.1, 0.15) is 15.6 Å². The summed E-state index contributed by atoms with van der Waals surface area (Å²) in [7, 11) is -1.49. The fraction of sp³-hybridized carbons (Fsp3) is 0.462. The van der Waals surface area contributed by atoms with Crippen molar-refractivity contribution in [2.75, 3.05) is 31.0 Å². The number of likely N-dealkylation sites (N-methyl/N-ethyl adjacent to an activating group) is 1. The summed E-state index contributed by atoms with van der Waals surface area (Å²) in [5.41, 5.74) is 0.746. The van der Waals surface area contributed by atoms with Gasteiger partial charge in [-0.15, -0.1) is 0 Å². The minimum atomic E-state index is -3.03. The molecule has 1 amide bonds. The zero-order valence-electron chi connectivity index (χ0n) is 11.8. The van der Waals surface area contributed by atoms with E-state index < -0.39 is 9.84 Å². The second-order valence-corrected chi connectivity index (χ2v) is 6.81. The Morgan fingerprint density at radius 2 is 2.10 bits per heavy atom. The zero-order valence-corrected chi connectivity index (χ0v) is 12.7. The Balaban J connectivity index is 2.61. The molecule has 0 aromatic heterocycles. The van der Waals surface area contributed by atoms with Gasteiger partial charge in [0.2, 0.25) is 0 Å². The van der Waals surface area contributed by atoms with Gasteiger partial charge in [-0.3, -0.25) is 4.79 Å². The minimum Gasteiger partial charge on any atom is -0.484 e. The van der Waals surface area contributed by atoms with Gasteiger partial charge in [0, 0.05) is 31.1 Å². The first-order valence-corrected chi connectivity index (χ1v) is 8.24. The summed E-state index contributed by atoms with van der Waals surface area (Å²) in [4.78, 5) is 11.1. The average molecular weight is 300 g/mol. The molecule has 0 heterocycles.